The number of rotatable bonds is 21. The molecule has 30 heavy (non-hydrogen) atoms. The lowest BCUT2D eigenvalue weighted by Gasteiger charge is -2.13. The van der Waals surface area contributed by atoms with Gasteiger partial charge in [-0.1, -0.05) is 120 Å². The highest BCUT2D eigenvalue weighted by atomic mass is 79.9. The van der Waals surface area contributed by atoms with Gasteiger partial charge >= 0.3 is 0 Å². The van der Waals surface area contributed by atoms with Crippen LogP contribution < -0.4 is 9.47 Å². The predicted molar refractivity (Wildman–Crippen MR) is 135 cm³/mol. The number of unbranched alkanes of at least 4 members (excludes halogenated alkanes) is 14. The summed E-state index contributed by atoms with van der Waals surface area (Å²) in [6.07, 6.45) is 21.3. The summed E-state index contributed by atoms with van der Waals surface area (Å²) in [7, 11) is 0. The molecule has 0 aromatic heterocycles. The first-order valence-electron chi connectivity index (χ1n) is 12.8. The number of alkyl halides is 1. The lowest BCUT2D eigenvalue weighted by Crippen LogP contribution is -2.01. The van der Waals surface area contributed by atoms with Gasteiger partial charge < -0.3 is 9.47 Å². The normalized spacial score (nSPS) is 11.0. The molecule has 0 aliphatic heterocycles. The molecule has 0 saturated heterocycles. The van der Waals surface area contributed by atoms with Crippen molar-refractivity contribution in [2.24, 2.45) is 0 Å². The number of hydrogen-bond acceptors (Lipinski definition) is 2. The molecule has 0 amide bonds. The lowest BCUT2D eigenvalue weighted by atomic mass is 10.1. The highest BCUT2D eigenvalue weighted by molar-refractivity contribution is 9.08. The van der Waals surface area contributed by atoms with Gasteiger partial charge in [-0.3, -0.25) is 0 Å². The second kappa shape index (κ2) is 20.2. The van der Waals surface area contributed by atoms with E-state index < -0.39 is 0 Å². The van der Waals surface area contributed by atoms with Crippen molar-refractivity contribution in [1.82, 2.24) is 0 Å². The van der Waals surface area contributed by atoms with E-state index in [1.54, 1.807) is 0 Å². The Morgan fingerprint density at radius 2 is 1.07 bits per heavy atom. The molecule has 3 heteroatoms. The van der Waals surface area contributed by atoms with E-state index in [0.717, 1.165) is 42.9 Å². The summed E-state index contributed by atoms with van der Waals surface area (Å²) in [6, 6.07) is 6.26. The SMILES string of the molecule is CCCCCCCCCCOc1ccc(OCCCCCCCCCC)c(CBr)c1. The molecule has 0 fully saturated rings. The van der Waals surface area contributed by atoms with E-state index >= 15 is 0 Å². The van der Waals surface area contributed by atoms with Crippen molar-refractivity contribution < 1.29 is 9.47 Å². The first kappa shape index (κ1) is 27.3. The summed E-state index contributed by atoms with van der Waals surface area (Å²) in [5, 5.41) is 0.800. The second-order valence-corrected chi connectivity index (χ2v) is 9.11. The molecule has 0 saturated carbocycles. The third kappa shape index (κ3) is 14.3. The Bertz CT molecular complexity index is 504. The Labute approximate surface area is 195 Å². The maximum absolute atomic E-state index is 6.04. The monoisotopic (exact) mass is 482 g/mol. The Kier molecular flexibility index (Phi) is 18.4. The topological polar surface area (TPSA) is 18.5 Å². The number of halogens is 1. The van der Waals surface area contributed by atoms with Gasteiger partial charge in [0.05, 0.1) is 13.2 Å². The summed E-state index contributed by atoms with van der Waals surface area (Å²) in [5.74, 6) is 1.96. The summed E-state index contributed by atoms with van der Waals surface area (Å²) < 4.78 is 12.0. The zero-order valence-electron chi connectivity index (χ0n) is 19.9. The second-order valence-electron chi connectivity index (χ2n) is 8.55. The summed E-state index contributed by atoms with van der Waals surface area (Å²) in [4.78, 5) is 0. The Hall–Kier alpha value is -0.700. The standard InChI is InChI=1S/C27H47BrO2/c1-3-5-7-9-11-13-15-17-21-29-26-19-20-27(25(23-26)24-28)30-22-18-16-14-12-10-8-6-4-2/h19-20,23H,3-18,21-22,24H2,1-2H3. The van der Waals surface area contributed by atoms with Crippen molar-refractivity contribution in [2.45, 2.75) is 122 Å². The van der Waals surface area contributed by atoms with Crippen molar-refractivity contribution in [2.75, 3.05) is 13.2 Å². The van der Waals surface area contributed by atoms with Crippen molar-refractivity contribution in [3.05, 3.63) is 23.8 Å². The summed E-state index contributed by atoms with van der Waals surface area (Å²) in [5.41, 5.74) is 1.18. The molecule has 1 aromatic rings. The molecule has 1 rings (SSSR count). The van der Waals surface area contributed by atoms with Gasteiger partial charge in [0.25, 0.3) is 0 Å². The lowest BCUT2D eigenvalue weighted by molar-refractivity contribution is 0.294. The minimum atomic E-state index is 0.800. The zero-order valence-corrected chi connectivity index (χ0v) is 21.4. The fourth-order valence-electron chi connectivity index (χ4n) is 3.73. The number of benzene rings is 1. The van der Waals surface area contributed by atoms with Crippen LogP contribution in [0.5, 0.6) is 11.5 Å². The molecule has 2 nitrogen and oxygen atoms in total. The van der Waals surface area contributed by atoms with Crippen LogP contribution in [0.4, 0.5) is 0 Å². The fraction of sp³-hybridized carbons (Fsp3) is 0.778. The van der Waals surface area contributed by atoms with Crippen LogP contribution in [0.25, 0.3) is 0 Å². The molecule has 1 aromatic carbocycles. The van der Waals surface area contributed by atoms with Crippen LogP contribution in [0.2, 0.25) is 0 Å². The van der Waals surface area contributed by atoms with Gasteiger partial charge in [0.15, 0.2) is 0 Å². The van der Waals surface area contributed by atoms with Crippen LogP contribution in [-0.4, -0.2) is 13.2 Å². The molecule has 174 valence electrons. The van der Waals surface area contributed by atoms with Crippen molar-refractivity contribution >= 4 is 15.9 Å². The van der Waals surface area contributed by atoms with Crippen LogP contribution in [0.1, 0.15) is 122 Å². The largest absolute Gasteiger partial charge is 0.494 e. The van der Waals surface area contributed by atoms with E-state index in [9.17, 15) is 0 Å². The smallest absolute Gasteiger partial charge is 0.123 e. The van der Waals surface area contributed by atoms with Crippen molar-refractivity contribution in [3.63, 3.8) is 0 Å². The molecule has 0 heterocycles. The molecule has 0 radical (unpaired) electrons. The Morgan fingerprint density at radius 1 is 0.600 bits per heavy atom. The minimum Gasteiger partial charge on any atom is -0.494 e. The van der Waals surface area contributed by atoms with E-state index in [-0.39, 0.29) is 0 Å². The molecule has 0 aliphatic carbocycles. The van der Waals surface area contributed by atoms with E-state index in [1.807, 2.05) is 0 Å². The molecular formula is C27H47BrO2. The summed E-state index contributed by atoms with van der Waals surface area (Å²) >= 11 is 3.60. The van der Waals surface area contributed by atoms with Crippen LogP contribution in [-0.2, 0) is 5.33 Å². The average molecular weight is 484 g/mol. The number of hydrogen-bond donors (Lipinski definition) is 0. The van der Waals surface area contributed by atoms with E-state index in [0.29, 0.717) is 0 Å². The van der Waals surface area contributed by atoms with Crippen LogP contribution in [0.3, 0.4) is 0 Å². The highest BCUT2D eigenvalue weighted by Crippen LogP contribution is 2.27. The molecule has 0 aliphatic rings. The van der Waals surface area contributed by atoms with Gasteiger partial charge in [0.2, 0.25) is 0 Å². The molecule has 0 N–H and O–H groups in total. The van der Waals surface area contributed by atoms with E-state index in [4.69, 9.17) is 9.47 Å². The fourth-order valence-corrected chi connectivity index (χ4v) is 4.17. The van der Waals surface area contributed by atoms with Gasteiger partial charge in [-0.25, -0.2) is 0 Å². The van der Waals surface area contributed by atoms with Crippen LogP contribution in [0.15, 0.2) is 18.2 Å². The maximum Gasteiger partial charge on any atom is 0.123 e. The zero-order chi connectivity index (χ0) is 21.7. The predicted octanol–water partition coefficient (Wildman–Crippen LogP) is 9.62. The highest BCUT2D eigenvalue weighted by Gasteiger charge is 2.05. The minimum absolute atomic E-state index is 0.800. The average Bonchev–Trinajstić information content (AvgIpc) is 2.77. The molecule has 0 unspecified atom stereocenters. The Morgan fingerprint density at radius 3 is 1.57 bits per heavy atom. The maximum atomic E-state index is 6.04. The van der Waals surface area contributed by atoms with Crippen LogP contribution >= 0.6 is 15.9 Å². The third-order valence-electron chi connectivity index (χ3n) is 5.70. The molecule has 0 atom stereocenters. The van der Waals surface area contributed by atoms with Gasteiger partial charge in [-0.15, -0.1) is 0 Å². The third-order valence-corrected chi connectivity index (χ3v) is 6.30. The first-order chi connectivity index (χ1) is 14.8. The number of ether oxygens (including phenoxy) is 2. The van der Waals surface area contributed by atoms with Gasteiger partial charge in [0, 0.05) is 10.9 Å². The quantitative estimate of drug-likeness (QED) is 0.128. The Balaban J connectivity index is 2.13. The molecular weight excluding hydrogens is 436 g/mol. The first-order valence-corrected chi connectivity index (χ1v) is 13.9. The molecule has 0 spiro atoms. The summed E-state index contributed by atoms with van der Waals surface area (Å²) in [6.45, 7) is 6.17. The van der Waals surface area contributed by atoms with Gasteiger partial charge in [-0.05, 0) is 31.0 Å². The van der Waals surface area contributed by atoms with E-state index in [1.165, 1.54) is 95.5 Å². The van der Waals surface area contributed by atoms with Gasteiger partial charge in [0.1, 0.15) is 11.5 Å². The van der Waals surface area contributed by atoms with Crippen molar-refractivity contribution in [1.29, 1.82) is 0 Å². The van der Waals surface area contributed by atoms with Gasteiger partial charge in [-0.2, -0.15) is 0 Å². The van der Waals surface area contributed by atoms with Crippen LogP contribution in [0, 0.1) is 0 Å². The van der Waals surface area contributed by atoms with Crippen molar-refractivity contribution in [3.8, 4) is 11.5 Å². The van der Waals surface area contributed by atoms with E-state index in [2.05, 4.69) is 48.0 Å². The molecule has 0 bridgehead atoms.